The first-order chi connectivity index (χ1) is 11.7. The zero-order valence-electron chi connectivity index (χ0n) is 12.0. The van der Waals surface area contributed by atoms with E-state index in [0.717, 1.165) is 0 Å². The lowest BCUT2D eigenvalue weighted by atomic mass is 10.3. The van der Waals surface area contributed by atoms with Crippen LogP contribution in [0, 0.1) is 50.6 Å². The van der Waals surface area contributed by atoms with Crippen LogP contribution in [0.25, 0.3) is 0 Å². The first-order valence-corrected chi connectivity index (χ1v) is 5.74. The molecule has 0 atom stereocenters. The molecule has 0 fully saturated rings. The molecule has 0 aliphatic rings. The van der Waals surface area contributed by atoms with Crippen molar-refractivity contribution in [3.8, 4) is 0 Å². The standard InChI is InChI=1S/C6H6F2N6O12/c7-5(10(16)17,11(18)19)1-2-9(14(24)25)4(15)26-3-6(8,12(20)21)13(22)23/h1-3H2. The minimum absolute atomic E-state index is 0.832. The maximum absolute atomic E-state index is 13.5. The van der Waals surface area contributed by atoms with E-state index >= 15 is 0 Å². The van der Waals surface area contributed by atoms with Crippen LogP contribution in [0.3, 0.4) is 0 Å². The molecule has 0 spiro atoms. The van der Waals surface area contributed by atoms with Crippen LogP contribution >= 0.6 is 0 Å². The van der Waals surface area contributed by atoms with Crippen molar-refractivity contribution in [3.63, 3.8) is 0 Å². The van der Waals surface area contributed by atoms with Gasteiger partial charge in [0.05, 0.1) is 0 Å². The summed E-state index contributed by atoms with van der Waals surface area (Å²) in [6.45, 7) is -3.91. The van der Waals surface area contributed by atoms with Crippen LogP contribution in [-0.2, 0) is 4.74 Å². The number of amides is 1. The predicted octanol–water partition coefficient (Wildman–Crippen LogP) is -0.640. The van der Waals surface area contributed by atoms with Gasteiger partial charge in [-0.3, -0.25) is 40.5 Å². The molecular weight excluding hydrogens is 386 g/mol. The number of rotatable bonds is 10. The van der Waals surface area contributed by atoms with Gasteiger partial charge in [0.2, 0.25) is 0 Å². The fourth-order valence-electron chi connectivity index (χ4n) is 1.14. The highest BCUT2D eigenvalue weighted by atomic mass is 19.2. The summed E-state index contributed by atoms with van der Waals surface area (Å²) < 4.78 is 30.5. The second-order valence-electron chi connectivity index (χ2n) is 4.13. The molecule has 0 unspecified atom stereocenters. The molecule has 146 valence electrons. The second-order valence-corrected chi connectivity index (χ2v) is 4.13. The van der Waals surface area contributed by atoms with E-state index in [1.54, 1.807) is 0 Å². The largest absolute Gasteiger partial charge is 0.648 e. The first kappa shape index (κ1) is 22.1. The molecule has 0 rings (SSSR count). The van der Waals surface area contributed by atoms with Gasteiger partial charge in [-0.15, -0.1) is 0 Å². The number of hydrogen-bond acceptors (Lipinski definition) is 12. The number of nitro groups is 5. The zero-order chi connectivity index (χ0) is 20.9. The molecule has 0 aromatic rings. The smallest absolute Gasteiger partial charge is 0.426 e. The molecule has 20 heteroatoms. The van der Waals surface area contributed by atoms with E-state index in [4.69, 9.17) is 0 Å². The third-order valence-corrected chi connectivity index (χ3v) is 2.55. The molecule has 26 heavy (non-hydrogen) atoms. The van der Waals surface area contributed by atoms with Crippen LogP contribution in [-0.4, -0.2) is 60.8 Å². The number of carbonyl (C=O) groups excluding carboxylic acids is 1. The predicted molar refractivity (Wildman–Crippen MR) is 65.3 cm³/mol. The van der Waals surface area contributed by atoms with E-state index in [1.807, 2.05) is 0 Å². The van der Waals surface area contributed by atoms with E-state index in [-0.39, 0.29) is 0 Å². The van der Waals surface area contributed by atoms with Crippen LogP contribution in [0.5, 0.6) is 0 Å². The van der Waals surface area contributed by atoms with Crippen molar-refractivity contribution in [1.29, 1.82) is 0 Å². The lowest BCUT2D eigenvalue weighted by Gasteiger charge is -2.14. The normalized spacial score (nSPS) is 11.3. The summed E-state index contributed by atoms with van der Waals surface area (Å²) in [5, 5.41) is 49.1. The van der Waals surface area contributed by atoms with Crippen molar-refractivity contribution in [2.45, 2.75) is 18.3 Å². The molecular formula is C6H6F2N6O12. The van der Waals surface area contributed by atoms with Crippen molar-refractivity contribution in [2.75, 3.05) is 13.2 Å². The number of nitrogens with zero attached hydrogens (tertiary/aromatic N) is 6. The van der Waals surface area contributed by atoms with Gasteiger partial charge in [0, 0.05) is 0 Å². The summed E-state index contributed by atoms with van der Waals surface area (Å²) >= 11 is 0. The first-order valence-electron chi connectivity index (χ1n) is 5.74. The number of alkyl halides is 2. The molecule has 0 saturated heterocycles. The van der Waals surface area contributed by atoms with Gasteiger partial charge >= 0.3 is 17.9 Å². The average molecular weight is 392 g/mol. The molecule has 0 heterocycles. The van der Waals surface area contributed by atoms with Crippen molar-refractivity contribution in [3.05, 3.63) is 50.6 Å². The Bertz CT molecular complexity index is 626. The van der Waals surface area contributed by atoms with E-state index in [9.17, 15) is 64.1 Å². The molecule has 18 nitrogen and oxygen atoms in total. The third-order valence-electron chi connectivity index (χ3n) is 2.55. The van der Waals surface area contributed by atoms with Gasteiger partial charge in [-0.1, -0.05) is 8.78 Å². The number of carbonyl (C=O) groups is 1. The van der Waals surface area contributed by atoms with Crippen LogP contribution in [0.4, 0.5) is 13.6 Å². The average Bonchev–Trinajstić information content (AvgIpc) is 2.50. The maximum Gasteiger partial charge on any atom is 0.648 e. The van der Waals surface area contributed by atoms with E-state index < -0.39 is 67.2 Å². The van der Waals surface area contributed by atoms with E-state index in [2.05, 4.69) is 4.74 Å². The molecule has 0 saturated carbocycles. The van der Waals surface area contributed by atoms with Crippen LogP contribution in [0.15, 0.2) is 0 Å². The molecule has 0 aromatic carbocycles. The van der Waals surface area contributed by atoms with Crippen LogP contribution < -0.4 is 0 Å². The van der Waals surface area contributed by atoms with Gasteiger partial charge in [0.1, 0.15) is 26.2 Å². The highest BCUT2D eigenvalue weighted by Gasteiger charge is 2.61. The monoisotopic (exact) mass is 392 g/mol. The Labute approximate surface area is 137 Å². The molecule has 0 aromatic heterocycles. The van der Waals surface area contributed by atoms with Crippen molar-refractivity contribution in [2.24, 2.45) is 0 Å². The van der Waals surface area contributed by atoms with Gasteiger partial charge in [-0.2, -0.15) is 0 Å². The Morgan fingerprint density at radius 3 is 1.54 bits per heavy atom. The highest BCUT2D eigenvalue weighted by molar-refractivity contribution is 5.66. The van der Waals surface area contributed by atoms with E-state index in [1.165, 1.54) is 0 Å². The lowest BCUT2D eigenvalue weighted by Crippen LogP contribution is -2.49. The number of hydrazine groups is 1. The van der Waals surface area contributed by atoms with Crippen molar-refractivity contribution < 1.29 is 43.0 Å². The van der Waals surface area contributed by atoms with Gasteiger partial charge in [-0.25, -0.2) is 14.9 Å². The van der Waals surface area contributed by atoms with E-state index in [0.29, 0.717) is 0 Å². The Balaban J connectivity index is 5.23. The molecule has 1 amide bonds. The molecule has 0 aliphatic carbocycles. The summed E-state index contributed by atoms with van der Waals surface area (Å²) in [5.74, 6) is -9.00. The lowest BCUT2D eigenvalue weighted by molar-refractivity contribution is -0.833. The molecule has 0 N–H and O–H groups in total. The Kier molecular flexibility index (Phi) is 6.64. The highest BCUT2D eigenvalue weighted by Crippen LogP contribution is 2.19. The topological polar surface area (TPSA) is 245 Å². The minimum Gasteiger partial charge on any atom is -0.426 e. The molecule has 0 bridgehead atoms. The SMILES string of the molecule is O=C(OCC(F)([N+](=O)[O-])[N+](=O)[O-])N(CCC(F)([N+](=O)[O-])[N+](=O)[O-])[N+](=O)[O-]. The van der Waals surface area contributed by atoms with Gasteiger partial charge in [0.25, 0.3) is 6.61 Å². The number of halogens is 2. The summed E-state index contributed by atoms with van der Waals surface area (Å²) in [4.78, 5) is 54.7. The quantitative estimate of drug-likeness (QED) is 0.195. The van der Waals surface area contributed by atoms with Gasteiger partial charge in [-0.05, 0) is 5.01 Å². The van der Waals surface area contributed by atoms with Crippen LogP contribution in [0.2, 0.25) is 0 Å². The fourth-order valence-corrected chi connectivity index (χ4v) is 1.14. The van der Waals surface area contributed by atoms with Crippen molar-refractivity contribution in [1.82, 2.24) is 5.01 Å². The number of hydrogen-bond donors (Lipinski definition) is 0. The Hall–Kier alpha value is -3.87. The van der Waals surface area contributed by atoms with Gasteiger partial charge < -0.3 is 4.74 Å². The Morgan fingerprint density at radius 2 is 1.23 bits per heavy atom. The van der Waals surface area contributed by atoms with Crippen LogP contribution in [0.1, 0.15) is 6.42 Å². The molecule has 0 radical (unpaired) electrons. The molecule has 0 aliphatic heterocycles. The van der Waals surface area contributed by atoms with Gasteiger partial charge in [0.15, 0.2) is 11.5 Å². The minimum atomic E-state index is -4.57. The second kappa shape index (κ2) is 7.80. The third kappa shape index (κ3) is 4.57. The summed E-state index contributed by atoms with van der Waals surface area (Å²) in [6.07, 6.45) is -4.19. The summed E-state index contributed by atoms with van der Waals surface area (Å²) in [7, 11) is 0. The summed E-state index contributed by atoms with van der Waals surface area (Å²) in [5.41, 5.74) is 0. The fraction of sp³-hybridized carbons (Fsp3) is 0.833. The zero-order valence-corrected chi connectivity index (χ0v) is 12.0. The van der Waals surface area contributed by atoms with Crippen molar-refractivity contribution >= 4 is 6.09 Å². The summed E-state index contributed by atoms with van der Waals surface area (Å²) in [6, 6.07) is 0. The maximum atomic E-state index is 13.5. The Morgan fingerprint density at radius 1 is 0.846 bits per heavy atom. The number of ether oxygens (including phenoxy) is 1.